The molecule has 1 heterocycles. The lowest BCUT2D eigenvalue weighted by atomic mass is 9.82. The van der Waals surface area contributed by atoms with Crippen LogP contribution in [0.2, 0.25) is 0 Å². The van der Waals surface area contributed by atoms with Crippen LogP contribution in [0.15, 0.2) is 84.9 Å². The lowest BCUT2D eigenvalue weighted by Crippen LogP contribution is -2.60. The number of hydrogen-bond acceptors (Lipinski definition) is 3. The van der Waals surface area contributed by atoms with Crippen LogP contribution in [0.3, 0.4) is 0 Å². The Labute approximate surface area is 211 Å². The maximum Gasteiger partial charge on any atom is 0.324 e. The lowest BCUT2D eigenvalue weighted by molar-refractivity contribution is -0.137. The molecule has 3 aromatic carbocycles. The molecule has 0 spiro atoms. The van der Waals surface area contributed by atoms with Gasteiger partial charge in [0.15, 0.2) is 0 Å². The molecule has 36 heavy (non-hydrogen) atoms. The summed E-state index contributed by atoms with van der Waals surface area (Å²) in [6.07, 6.45) is 3.77. The summed E-state index contributed by atoms with van der Waals surface area (Å²) in [6.45, 7) is 1.21. The fraction of sp³-hybridized carbons (Fsp3) is 0.300. The molecule has 2 fully saturated rings. The monoisotopic (exact) mass is 481 g/mol. The van der Waals surface area contributed by atoms with E-state index in [0.29, 0.717) is 18.7 Å². The van der Waals surface area contributed by atoms with Crippen LogP contribution in [0, 0.1) is 5.92 Å². The first-order chi connectivity index (χ1) is 17.6. The molecule has 1 aliphatic carbocycles. The fourth-order valence-corrected chi connectivity index (χ4v) is 5.21. The predicted octanol–water partition coefficient (Wildman–Crippen LogP) is 5.14. The number of amides is 4. The van der Waals surface area contributed by atoms with Gasteiger partial charge in [-0.25, -0.2) is 4.79 Å². The minimum atomic E-state index is -0.319. The molecule has 2 atom stereocenters. The van der Waals surface area contributed by atoms with Crippen molar-refractivity contribution in [2.75, 3.05) is 0 Å². The number of nitrogens with one attached hydrogen (secondary N) is 1. The van der Waals surface area contributed by atoms with E-state index in [-0.39, 0.29) is 36.3 Å². The summed E-state index contributed by atoms with van der Waals surface area (Å²) in [4.78, 5) is 42.3. The van der Waals surface area contributed by atoms with Gasteiger partial charge in [0.1, 0.15) is 0 Å². The molecule has 1 N–H and O–H groups in total. The molecule has 2 unspecified atom stereocenters. The van der Waals surface area contributed by atoms with Crippen LogP contribution in [-0.2, 0) is 24.4 Å². The van der Waals surface area contributed by atoms with Crippen molar-refractivity contribution in [1.82, 2.24) is 15.1 Å². The standard InChI is InChI=1S/C30H31N3O3/c34-28(32(19-22-9-3-1-4-10-22)20-23-11-5-2-6-12-23)25-17-15-24(16-18-25)21-33-29(35)26-13-7-8-14-27(26)31-30(33)36/h1-6,9-12,15-18,26-27H,7-8,13-14,19-21H2,(H,31,36). The number of benzene rings is 3. The minimum Gasteiger partial charge on any atom is -0.334 e. The molecule has 0 aromatic heterocycles. The van der Waals surface area contributed by atoms with Crippen LogP contribution in [0.5, 0.6) is 0 Å². The van der Waals surface area contributed by atoms with Crippen molar-refractivity contribution in [2.24, 2.45) is 5.92 Å². The van der Waals surface area contributed by atoms with Gasteiger partial charge in [0.05, 0.1) is 12.5 Å². The summed E-state index contributed by atoms with van der Waals surface area (Å²) < 4.78 is 0. The molecular formula is C30H31N3O3. The van der Waals surface area contributed by atoms with Gasteiger partial charge in [-0.05, 0) is 41.7 Å². The van der Waals surface area contributed by atoms with Gasteiger partial charge >= 0.3 is 6.03 Å². The van der Waals surface area contributed by atoms with E-state index in [4.69, 9.17) is 0 Å². The molecule has 1 saturated carbocycles. The maximum absolute atomic E-state index is 13.5. The summed E-state index contributed by atoms with van der Waals surface area (Å²) in [6, 6.07) is 26.8. The van der Waals surface area contributed by atoms with E-state index in [1.807, 2.05) is 77.7 Å². The van der Waals surface area contributed by atoms with E-state index in [9.17, 15) is 14.4 Å². The van der Waals surface area contributed by atoms with E-state index in [0.717, 1.165) is 42.4 Å². The third-order valence-corrected chi connectivity index (χ3v) is 7.16. The molecule has 4 amide bonds. The van der Waals surface area contributed by atoms with Crippen molar-refractivity contribution in [1.29, 1.82) is 0 Å². The average Bonchev–Trinajstić information content (AvgIpc) is 2.92. The molecule has 6 heteroatoms. The van der Waals surface area contributed by atoms with Gasteiger partial charge in [-0.2, -0.15) is 0 Å². The second kappa shape index (κ2) is 10.8. The zero-order chi connectivity index (χ0) is 24.9. The number of carbonyl (C=O) groups is 3. The van der Waals surface area contributed by atoms with Crippen LogP contribution in [0.1, 0.15) is 52.7 Å². The summed E-state index contributed by atoms with van der Waals surface area (Å²) in [5.41, 5.74) is 3.53. The number of carbonyl (C=O) groups excluding carboxylic acids is 3. The van der Waals surface area contributed by atoms with E-state index in [1.165, 1.54) is 4.90 Å². The summed E-state index contributed by atoms with van der Waals surface area (Å²) in [7, 11) is 0. The largest absolute Gasteiger partial charge is 0.334 e. The molecule has 1 saturated heterocycles. The molecule has 2 aliphatic rings. The maximum atomic E-state index is 13.5. The Hall–Kier alpha value is -3.93. The van der Waals surface area contributed by atoms with E-state index in [1.54, 1.807) is 12.1 Å². The number of nitrogens with zero attached hydrogens (tertiary/aromatic N) is 2. The van der Waals surface area contributed by atoms with Crippen molar-refractivity contribution >= 4 is 17.8 Å². The van der Waals surface area contributed by atoms with Gasteiger partial charge < -0.3 is 10.2 Å². The molecule has 184 valence electrons. The third-order valence-electron chi connectivity index (χ3n) is 7.16. The Kier molecular flexibility index (Phi) is 7.12. The molecule has 6 nitrogen and oxygen atoms in total. The Bertz CT molecular complexity index is 1170. The van der Waals surface area contributed by atoms with E-state index < -0.39 is 0 Å². The first-order valence-corrected chi connectivity index (χ1v) is 12.7. The van der Waals surface area contributed by atoms with Crippen molar-refractivity contribution in [3.63, 3.8) is 0 Å². The smallest absolute Gasteiger partial charge is 0.324 e. The minimum absolute atomic E-state index is 0.0322. The van der Waals surface area contributed by atoms with Crippen LogP contribution in [-0.4, -0.2) is 33.7 Å². The highest BCUT2D eigenvalue weighted by Gasteiger charge is 2.41. The second-order valence-corrected chi connectivity index (χ2v) is 9.70. The first-order valence-electron chi connectivity index (χ1n) is 12.7. The Balaban J connectivity index is 1.30. The van der Waals surface area contributed by atoms with Crippen molar-refractivity contribution < 1.29 is 14.4 Å². The molecular weight excluding hydrogens is 450 g/mol. The number of imide groups is 1. The fourth-order valence-electron chi connectivity index (χ4n) is 5.21. The third kappa shape index (κ3) is 5.33. The van der Waals surface area contributed by atoms with Crippen molar-refractivity contribution in [3.05, 3.63) is 107 Å². The topological polar surface area (TPSA) is 69.7 Å². The van der Waals surface area contributed by atoms with E-state index >= 15 is 0 Å². The SMILES string of the molecule is O=C(c1ccc(CN2C(=O)NC3CCCCC3C2=O)cc1)N(Cc1ccccc1)Cc1ccccc1. The van der Waals surface area contributed by atoms with Crippen molar-refractivity contribution in [2.45, 2.75) is 51.4 Å². The highest BCUT2D eigenvalue weighted by molar-refractivity contribution is 5.98. The van der Waals surface area contributed by atoms with Gasteiger partial charge in [0.2, 0.25) is 5.91 Å². The Morgan fingerprint density at radius 3 is 1.97 bits per heavy atom. The first kappa shape index (κ1) is 23.8. The Morgan fingerprint density at radius 2 is 1.36 bits per heavy atom. The van der Waals surface area contributed by atoms with Gasteiger partial charge in [0.25, 0.3) is 5.91 Å². The second-order valence-electron chi connectivity index (χ2n) is 9.70. The van der Waals surface area contributed by atoms with Crippen LogP contribution in [0.4, 0.5) is 4.79 Å². The van der Waals surface area contributed by atoms with Gasteiger partial charge in [-0.15, -0.1) is 0 Å². The van der Waals surface area contributed by atoms with Crippen LogP contribution >= 0.6 is 0 Å². The normalized spacial score (nSPS) is 19.4. The average molecular weight is 482 g/mol. The van der Waals surface area contributed by atoms with Crippen LogP contribution in [0.25, 0.3) is 0 Å². The number of fused-ring (bicyclic) bond motifs is 1. The highest BCUT2D eigenvalue weighted by Crippen LogP contribution is 2.30. The molecule has 5 rings (SSSR count). The summed E-state index contributed by atoms with van der Waals surface area (Å²) >= 11 is 0. The van der Waals surface area contributed by atoms with Gasteiger partial charge in [-0.3, -0.25) is 14.5 Å². The molecule has 0 bridgehead atoms. The molecule has 0 radical (unpaired) electrons. The zero-order valence-corrected chi connectivity index (χ0v) is 20.3. The Morgan fingerprint density at radius 1 is 0.778 bits per heavy atom. The number of urea groups is 1. The van der Waals surface area contributed by atoms with Crippen molar-refractivity contribution in [3.8, 4) is 0 Å². The summed E-state index contributed by atoms with van der Waals surface area (Å²) in [5.74, 6) is -0.270. The number of rotatable bonds is 7. The molecule has 3 aromatic rings. The van der Waals surface area contributed by atoms with E-state index in [2.05, 4.69) is 5.32 Å². The zero-order valence-electron chi connectivity index (χ0n) is 20.3. The highest BCUT2D eigenvalue weighted by atomic mass is 16.2. The number of hydrogen-bond donors (Lipinski definition) is 1. The summed E-state index contributed by atoms with van der Waals surface area (Å²) in [5, 5.41) is 3.02. The quantitative estimate of drug-likeness (QED) is 0.508. The van der Waals surface area contributed by atoms with Gasteiger partial charge in [-0.1, -0.05) is 85.6 Å². The van der Waals surface area contributed by atoms with Crippen LogP contribution < -0.4 is 5.32 Å². The lowest BCUT2D eigenvalue weighted by Gasteiger charge is -2.40. The predicted molar refractivity (Wildman–Crippen MR) is 138 cm³/mol. The van der Waals surface area contributed by atoms with Gasteiger partial charge in [0, 0.05) is 24.7 Å². The molecule has 1 aliphatic heterocycles.